The van der Waals surface area contributed by atoms with Crippen LogP contribution in [-0.4, -0.2) is 25.4 Å². The first kappa shape index (κ1) is 17.9. The number of carbonyl (C=O) groups is 1. The van der Waals surface area contributed by atoms with E-state index in [1.807, 2.05) is 35.4 Å². The molecule has 0 aliphatic carbocycles. The van der Waals surface area contributed by atoms with Crippen LogP contribution in [0.5, 0.6) is 11.6 Å². The van der Waals surface area contributed by atoms with Gasteiger partial charge in [-0.05, 0) is 49.6 Å². The predicted molar refractivity (Wildman–Crippen MR) is 107 cm³/mol. The van der Waals surface area contributed by atoms with E-state index in [1.165, 1.54) is 11.3 Å². The molecule has 0 unspecified atom stereocenters. The first-order valence-corrected chi connectivity index (χ1v) is 9.50. The maximum Gasteiger partial charge on any atom is 0.256 e. The highest BCUT2D eigenvalue weighted by molar-refractivity contribution is 7.08. The van der Waals surface area contributed by atoms with Crippen molar-refractivity contribution in [2.45, 2.75) is 13.8 Å². The molecule has 3 heterocycles. The zero-order valence-electron chi connectivity index (χ0n) is 15.3. The Kier molecular flexibility index (Phi) is 4.86. The summed E-state index contributed by atoms with van der Waals surface area (Å²) in [6.07, 6.45) is 3.56. The second-order valence-electron chi connectivity index (χ2n) is 6.05. The number of thiophene rings is 1. The second kappa shape index (κ2) is 7.61. The van der Waals surface area contributed by atoms with E-state index in [9.17, 15) is 4.79 Å². The Morgan fingerprint density at radius 1 is 1.14 bits per heavy atom. The van der Waals surface area contributed by atoms with Crippen LogP contribution in [0.25, 0.3) is 5.82 Å². The number of rotatable bonds is 5. The lowest BCUT2D eigenvalue weighted by molar-refractivity contribution is 0.102. The van der Waals surface area contributed by atoms with Crippen LogP contribution in [0.2, 0.25) is 0 Å². The second-order valence-corrected chi connectivity index (χ2v) is 6.83. The fraction of sp³-hybridized carbons (Fsp3) is 0.100. The lowest BCUT2D eigenvalue weighted by atomic mass is 10.2. The molecular formula is C20H17N5O2S. The molecule has 0 aliphatic rings. The number of nitrogens with zero attached hydrogens (tertiary/aromatic N) is 4. The largest absolute Gasteiger partial charge is 0.439 e. The van der Waals surface area contributed by atoms with Crippen molar-refractivity contribution in [1.82, 2.24) is 19.5 Å². The van der Waals surface area contributed by atoms with E-state index in [-0.39, 0.29) is 5.91 Å². The number of carbonyl (C=O) groups excluding carboxylic acids is 1. The zero-order chi connectivity index (χ0) is 19.5. The quantitative estimate of drug-likeness (QED) is 0.546. The van der Waals surface area contributed by atoms with Crippen LogP contribution in [0.1, 0.15) is 22.0 Å². The fourth-order valence-corrected chi connectivity index (χ4v) is 3.28. The summed E-state index contributed by atoms with van der Waals surface area (Å²) in [4.78, 5) is 25.1. The normalized spacial score (nSPS) is 10.6. The minimum absolute atomic E-state index is 0.137. The Bertz CT molecular complexity index is 1100. The van der Waals surface area contributed by atoms with Crippen molar-refractivity contribution in [3.05, 3.63) is 76.8 Å². The van der Waals surface area contributed by atoms with Gasteiger partial charge in [-0.2, -0.15) is 16.3 Å². The number of nitrogens with one attached hydrogen (secondary N) is 1. The standard InChI is InChI=1S/C20H17N5O2S/c1-13-22-18(25-9-8-21-14(25)2)11-19(23-13)27-17-5-3-16(4-6-17)24-20(26)15-7-10-28-12-15/h3-12H,1-2H3,(H,24,26). The summed E-state index contributed by atoms with van der Waals surface area (Å²) in [6.45, 7) is 3.72. The van der Waals surface area contributed by atoms with Crippen molar-refractivity contribution in [2.75, 3.05) is 5.32 Å². The Morgan fingerprint density at radius 2 is 1.96 bits per heavy atom. The number of hydrogen-bond acceptors (Lipinski definition) is 6. The number of hydrogen-bond donors (Lipinski definition) is 1. The van der Waals surface area contributed by atoms with Gasteiger partial charge < -0.3 is 10.1 Å². The van der Waals surface area contributed by atoms with Gasteiger partial charge in [0.05, 0.1) is 5.56 Å². The molecule has 0 aliphatic heterocycles. The lowest BCUT2D eigenvalue weighted by Crippen LogP contribution is -2.10. The van der Waals surface area contributed by atoms with Crippen molar-refractivity contribution in [1.29, 1.82) is 0 Å². The molecule has 1 amide bonds. The van der Waals surface area contributed by atoms with Crippen molar-refractivity contribution in [2.24, 2.45) is 0 Å². The maximum atomic E-state index is 12.1. The van der Waals surface area contributed by atoms with Gasteiger partial charge >= 0.3 is 0 Å². The van der Waals surface area contributed by atoms with Gasteiger partial charge in [-0.25, -0.2) is 9.97 Å². The first-order chi connectivity index (χ1) is 13.6. The highest BCUT2D eigenvalue weighted by Gasteiger charge is 2.09. The molecule has 1 aromatic carbocycles. The third-order valence-corrected chi connectivity index (χ3v) is 4.67. The van der Waals surface area contributed by atoms with Crippen LogP contribution < -0.4 is 10.1 Å². The number of aromatic nitrogens is 4. The van der Waals surface area contributed by atoms with Crippen LogP contribution in [-0.2, 0) is 0 Å². The smallest absolute Gasteiger partial charge is 0.256 e. The minimum atomic E-state index is -0.137. The SMILES string of the molecule is Cc1nc(Oc2ccc(NC(=O)c3ccsc3)cc2)cc(-n2ccnc2C)n1. The van der Waals surface area contributed by atoms with E-state index in [0.29, 0.717) is 34.5 Å². The van der Waals surface area contributed by atoms with Gasteiger partial charge in [-0.1, -0.05) is 0 Å². The number of aryl methyl sites for hydroxylation is 2. The monoisotopic (exact) mass is 391 g/mol. The van der Waals surface area contributed by atoms with Gasteiger partial charge in [0.15, 0.2) is 0 Å². The molecule has 7 nitrogen and oxygen atoms in total. The summed E-state index contributed by atoms with van der Waals surface area (Å²) in [5.74, 6) is 3.03. The summed E-state index contributed by atoms with van der Waals surface area (Å²) >= 11 is 1.49. The molecule has 0 radical (unpaired) electrons. The summed E-state index contributed by atoms with van der Waals surface area (Å²) in [5.41, 5.74) is 1.33. The Balaban J connectivity index is 1.49. The van der Waals surface area contributed by atoms with E-state index in [0.717, 1.165) is 5.82 Å². The van der Waals surface area contributed by atoms with Crippen molar-refractivity contribution >= 4 is 22.9 Å². The van der Waals surface area contributed by atoms with Crippen molar-refractivity contribution < 1.29 is 9.53 Å². The molecule has 3 aromatic heterocycles. The lowest BCUT2D eigenvalue weighted by Gasteiger charge is -2.10. The topological polar surface area (TPSA) is 81.9 Å². The van der Waals surface area contributed by atoms with Gasteiger partial charge in [-0.15, -0.1) is 0 Å². The summed E-state index contributed by atoms with van der Waals surface area (Å²) < 4.78 is 7.74. The molecule has 0 fully saturated rings. The van der Waals surface area contributed by atoms with E-state index in [1.54, 1.807) is 42.6 Å². The van der Waals surface area contributed by atoms with Gasteiger partial charge in [-0.3, -0.25) is 9.36 Å². The number of imidazole rings is 1. The van der Waals surface area contributed by atoms with Gasteiger partial charge in [0.25, 0.3) is 5.91 Å². The highest BCUT2D eigenvalue weighted by Crippen LogP contribution is 2.24. The number of amides is 1. The van der Waals surface area contributed by atoms with Crippen molar-refractivity contribution in [3.8, 4) is 17.4 Å². The number of benzene rings is 1. The predicted octanol–water partition coefficient (Wildman–Crippen LogP) is 4.39. The molecular weight excluding hydrogens is 374 g/mol. The summed E-state index contributed by atoms with van der Waals surface area (Å²) in [5, 5.41) is 6.53. The third kappa shape index (κ3) is 3.91. The molecule has 0 saturated heterocycles. The average molecular weight is 391 g/mol. The first-order valence-electron chi connectivity index (χ1n) is 8.56. The number of anilines is 1. The average Bonchev–Trinajstić information content (AvgIpc) is 3.34. The van der Waals surface area contributed by atoms with Gasteiger partial charge in [0.1, 0.15) is 23.2 Å². The molecule has 0 saturated carbocycles. The van der Waals surface area contributed by atoms with Crippen LogP contribution in [0.3, 0.4) is 0 Å². The highest BCUT2D eigenvalue weighted by atomic mass is 32.1. The Hall–Kier alpha value is -3.52. The maximum absolute atomic E-state index is 12.1. The van der Waals surface area contributed by atoms with Gasteiger partial charge in [0.2, 0.25) is 5.88 Å². The van der Waals surface area contributed by atoms with Crippen LogP contribution in [0.15, 0.2) is 59.6 Å². The molecule has 0 atom stereocenters. The third-order valence-electron chi connectivity index (χ3n) is 3.99. The molecule has 0 spiro atoms. The Labute approximate surface area is 165 Å². The van der Waals surface area contributed by atoms with Crippen molar-refractivity contribution in [3.63, 3.8) is 0 Å². The Morgan fingerprint density at radius 3 is 2.64 bits per heavy atom. The van der Waals surface area contributed by atoms with Crippen LogP contribution in [0.4, 0.5) is 5.69 Å². The molecule has 4 aromatic rings. The molecule has 0 bridgehead atoms. The summed E-state index contributed by atoms with van der Waals surface area (Å²) in [6, 6.07) is 10.7. The molecule has 28 heavy (non-hydrogen) atoms. The summed E-state index contributed by atoms with van der Waals surface area (Å²) in [7, 11) is 0. The molecule has 140 valence electrons. The van der Waals surface area contributed by atoms with E-state index in [4.69, 9.17) is 4.74 Å². The van der Waals surface area contributed by atoms with Gasteiger partial charge in [0, 0.05) is 29.5 Å². The molecule has 8 heteroatoms. The van der Waals surface area contributed by atoms with E-state index in [2.05, 4.69) is 20.3 Å². The van der Waals surface area contributed by atoms with E-state index < -0.39 is 0 Å². The van der Waals surface area contributed by atoms with Crippen LogP contribution >= 0.6 is 11.3 Å². The molecule has 1 N–H and O–H groups in total. The van der Waals surface area contributed by atoms with E-state index >= 15 is 0 Å². The molecule has 4 rings (SSSR count). The number of ether oxygens (including phenoxy) is 1. The van der Waals surface area contributed by atoms with Crippen LogP contribution in [0, 0.1) is 13.8 Å². The fourth-order valence-electron chi connectivity index (χ4n) is 2.65. The zero-order valence-corrected chi connectivity index (χ0v) is 16.1. The minimum Gasteiger partial charge on any atom is -0.439 e.